The van der Waals surface area contributed by atoms with Gasteiger partial charge in [-0.25, -0.2) is 0 Å². The molecule has 0 saturated carbocycles. The van der Waals surface area contributed by atoms with E-state index in [4.69, 9.17) is 9.47 Å². The third-order valence-corrected chi connectivity index (χ3v) is 6.44. The Balaban J connectivity index is 2.09. The lowest BCUT2D eigenvalue weighted by atomic mass is 9.86. The van der Waals surface area contributed by atoms with Crippen LogP contribution in [0.2, 0.25) is 0 Å². The number of ether oxygens (including phenoxy) is 2. The molecule has 0 atom stereocenters. The number of nitrogens with one attached hydrogen (secondary N) is 2. The zero-order valence-corrected chi connectivity index (χ0v) is 22.6. The van der Waals surface area contributed by atoms with Gasteiger partial charge < -0.3 is 20.1 Å². The molecule has 194 valence electrons. The lowest BCUT2D eigenvalue weighted by Crippen LogP contribution is -2.12. The minimum atomic E-state index is -0.191. The van der Waals surface area contributed by atoms with E-state index in [1.165, 1.54) is 13.8 Å². The maximum atomic E-state index is 12.5. The van der Waals surface area contributed by atoms with Crippen LogP contribution in [0.4, 0.5) is 11.4 Å². The Bertz CT molecular complexity index is 1410. The van der Waals surface area contributed by atoms with Crippen LogP contribution < -0.4 is 20.1 Å². The molecule has 6 nitrogen and oxygen atoms in total. The lowest BCUT2D eigenvalue weighted by molar-refractivity contribution is -0.115. The van der Waals surface area contributed by atoms with E-state index in [1.807, 2.05) is 86.6 Å². The van der Waals surface area contributed by atoms with Crippen molar-refractivity contribution in [3.8, 4) is 44.9 Å². The first kappa shape index (κ1) is 26.5. The molecule has 0 aromatic heterocycles. The largest absolute Gasteiger partial charge is 0.497 e. The smallest absolute Gasteiger partial charge is 0.221 e. The van der Waals surface area contributed by atoms with Gasteiger partial charge >= 0.3 is 0 Å². The van der Waals surface area contributed by atoms with Crippen LogP contribution in [0.25, 0.3) is 33.4 Å². The number of carbonyl (C=O) groups is 2. The van der Waals surface area contributed by atoms with Gasteiger partial charge in [-0.3, -0.25) is 9.59 Å². The third kappa shape index (κ3) is 5.39. The summed E-state index contributed by atoms with van der Waals surface area (Å²) in [7, 11) is 3.25. The molecule has 2 amide bonds. The van der Waals surface area contributed by atoms with Gasteiger partial charge in [-0.2, -0.15) is 0 Å². The number of aryl methyl sites for hydroxylation is 2. The second kappa shape index (κ2) is 11.2. The monoisotopic (exact) mass is 508 g/mol. The summed E-state index contributed by atoms with van der Waals surface area (Å²) in [4.78, 5) is 25.0. The van der Waals surface area contributed by atoms with Crippen molar-refractivity contribution in [3.05, 3.63) is 83.9 Å². The summed E-state index contributed by atoms with van der Waals surface area (Å²) < 4.78 is 10.9. The first-order valence-electron chi connectivity index (χ1n) is 12.3. The zero-order valence-electron chi connectivity index (χ0n) is 22.6. The average Bonchev–Trinajstić information content (AvgIpc) is 2.89. The summed E-state index contributed by atoms with van der Waals surface area (Å²) in [6.45, 7) is 7.00. The Kier molecular flexibility index (Phi) is 7.82. The Hall–Kier alpha value is -4.58. The van der Waals surface area contributed by atoms with E-state index in [1.54, 1.807) is 14.2 Å². The minimum absolute atomic E-state index is 0.191. The number of benzene rings is 4. The normalized spacial score (nSPS) is 10.6. The topological polar surface area (TPSA) is 76.7 Å². The highest BCUT2D eigenvalue weighted by Crippen LogP contribution is 2.47. The molecule has 0 aliphatic rings. The van der Waals surface area contributed by atoms with Crippen molar-refractivity contribution in [3.63, 3.8) is 0 Å². The Labute approximate surface area is 223 Å². The van der Waals surface area contributed by atoms with Gasteiger partial charge in [-0.1, -0.05) is 48.5 Å². The number of methoxy groups -OCH3 is 2. The summed E-state index contributed by atoms with van der Waals surface area (Å²) in [6, 6.07) is 23.5. The molecule has 0 unspecified atom stereocenters. The van der Waals surface area contributed by atoms with Gasteiger partial charge in [0.25, 0.3) is 0 Å². The van der Waals surface area contributed by atoms with Crippen molar-refractivity contribution in [1.82, 2.24) is 0 Å². The van der Waals surface area contributed by atoms with Crippen molar-refractivity contribution in [1.29, 1.82) is 0 Å². The van der Waals surface area contributed by atoms with E-state index >= 15 is 0 Å². The van der Waals surface area contributed by atoms with Gasteiger partial charge in [0.1, 0.15) is 11.5 Å². The van der Waals surface area contributed by atoms with Crippen LogP contribution in [0.15, 0.2) is 72.8 Å². The fourth-order valence-electron chi connectivity index (χ4n) is 4.73. The van der Waals surface area contributed by atoms with E-state index in [9.17, 15) is 9.59 Å². The van der Waals surface area contributed by atoms with Gasteiger partial charge in [-0.05, 0) is 60.4 Å². The van der Waals surface area contributed by atoms with Crippen LogP contribution >= 0.6 is 0 Å². The molecule has 0 aliphatic heterocycles. The quantitative estimate of drug-likeness (QED) is 0.276. The highest BCUT2D eigenvalue weighted by atomic mass is 16.5. The number of hydrogen-bond acceptors (Lipinski definition) is 4. The molecule has 0 spiro atoms. The summed E-state index contributed by atoms with van der Waals surface area (Å²) in [6.07, 6.45) is 0. The van der Waals surface area contributed by atoms with Crippen LogP contribution in [0.5, 0.6) is 11.5 Å². The highest BCUT2D eigenvalue weighted by molar-refractivity contribution is 6.08. The van der Waals surface area contributed by atoms with E-state index < -0.39 is 0 Å². The fourth-order valence-corrected chi connectivity index (χ4v) is 4.73. The molecule has 4 aromatic rings. The first-order chi connectivity index (χ1) is 18.2. The van der Waals surface area contributed by atoms with Gasteiger partial charge in [0, 0.05) is 36.1 Å². The molecule has 0 heterocycles. The van der Waals surface area contributed by atoms with Crippen molar-refractivity contribution in [2.45, 2.75) is 27.7 Å². The molecule has 4 rings (SSSR count). The molecule has 0 radical (unpaired) electrons. The Morgan fingerprint density at radius 1 is 0.605 bits per heavy atom. The molecule has 6 heteroatoms. The number of rotatable bonds is 7. The van der Waals surface area contributed by atoms with E-state index in [0.717, 1.165) is 44.5 Å². The highest BCUT2D eigenvalue weighted by Gasteiger charge is 2.23. The molecule has 0 aliphatic carbocycles. The number of hydrogen-bond donors (Lipinski definition) is 2. The predicted molar refractivity (Wildman–Crippen MR) is 154 cm³/mol. The summed E-state index contributed by atoms with van der Waals surface area (Å²) >= 11 is 0. The summed E-state index contributed by atoms with van der Waals surface area (Å²) in [5, 5.41) is 6.18. The number of anilines is 2. The van der Waals surface area contributed by atoms with Crippen LogP contribution in [-0.2, 0) is 9.59 Å². The van der Waals surface area contributed by atoms with Crippen molar-refractivity contribution >= 4 is 23.2 Å². The SMILES string of the molecule is COc1cccc(-c2ccc(C)c(-c3c(C)ccc(-c4cccc(OC)c4)c3NC(C)=O)c2NC(C)=O)c1. The fraction of sp³-hybridized carbons (Fsp3) is 0.188. The predicted octanol–water partition coefficient (Wildman–Crippen LogP) is 7.24. The maximum absolute atomic E-state index is 12.5. The van der Waals surface area contributed by atoms with E-state index in [0.29, 0.717) is 22.9 Å². The average molecular weight is 509 g/mol. The lowest BCUT2D eigenvalue weighted by Gasteiger charge is -2.24. The molecular weight excluding hydrogens is 476 g/mol. The van der Waals surface area contributed by atoms with E-state index in [2.05, 4.69) is 10.6 Å². The van der Waals surface area contributed by atoms with Crippen molar-refractivity contribution in [2.75, 3.05) is 24.9 Å². The van der Waals surface area contributed by atoms with Crippen LogP contribution in [0.1, 0.15) is 25.0 Å². The zero-order chi connectivity index (χ0) is 27.4. The molecule has 38 heavy (non-hydrogen) atoms. The van der Waals surface area contributed by atoms with E-state index in [-0.39, 0.29) is 11.8 Å². The molecule has 0 saturated heterocycles. The van der Waals surface area contributed by atoms with Crippen LogP contribution in [-0.4, -0.2) is 26.0 Å². The van der Waals surface area contributed by atoms with Crippen LogP contribution in [0.3, 0.4) is 0 Å². The number of carbonyl (C=O) groups excluding carboxylic acids is 2. The maximum Gasteiger partial charge on any atom is 0.221 e. The second-order valence-electron chi connectivity index (χ2n) is 9.19. The first-order valence-corrected chi connectivity index (χ1v) is 12.3. The summed E-state index contributed by atoms with van der Waals surface area (Å²) in [5.74, 6) is 1.05. The van der Waals surface area contributed by atoms with Gasteiger partial charge in [-0.15, -0.1) is 0 Å². The molecule has 2 N–H and O–H groups in total. The molecule has 0 fully saturated rings. The van der Waals surface area contributed by atoms with Crippen molar-refractivity contribution < 1.29 is 19.1 Å². The summed E-state index contributed by atoms with van der Waals surface area (Å²) in [5.41, 5.74) is 8.42. The Morgan fingerprint density at radius 2 is 1.00 bits per heavy atom. The standard InChI is InChI=1S/C32H32N2O4/c1-19-13-15-27(23-9-7-11-25(17-23)37-5)31(33-21(3)35)29(19)30-20(2)14-16-28(32(30)34-22(4)36)24-10-8-12-26(18-24)38-6/h7-18H,1-6H3,(H,33,35)(H,34,36). The molecular formula is C32H32N2O4. The minimum Gasteiger partial charge on any atom is -0.497 e. The van der Waals surface area contributed by atoms with Crippen molar-refractivity contribution in [2.24, 2.45) is 0 Å². The Morgan fingerprint density at radius 3 is 1.34 bits per heavy atom. The third-order valence-electron chi connectivity index (χ3n) is 6.44. The van der Waals surface area contributed by atoms with Crippen LogP contribution in [0, 0.1) is 13.8 Å². The van der Waals surface area contributed by atoms with Gasteiger partial charge in [0.05, 0.1) is 25.6 Å². The molecule has 0 bridgehead atoms. The van der Waals surface area contributed by atoms with Gasteiger partial charge in [0.2, 0.25) is 11.8 Å². The number of amides is 2. The second-order valence-corrected chi connectivity index (χ2v) is 9.19. The molecule has 4 aromatic carbocycles. The van der Waals surface area contributed by atoms with Gasteiger partial charge in [0.15, 0.2) is 0 Å².